The van der Waals surface area contributed by atoms with Gasteiger partial charge in [0.25, 0.3) is 0 Å². The highest BCUT2D eigenvalue weighted by molar-refractivity contribution is 7.91. The first-order valence-electron chi connectivity index (χ1n) is 9.02. The van der Waals surface area contributed by atoms with E-state index in [4.69, 9.17) is 0 Å². The molecular formula is C18H27N3O4S. The van der Waals surface area contributed by atoms with E-state index in [1.165, 1.54) is 0 Å². The lowest BCUT2D eigenvalue weighted by Crippen LogP contribution is -2.55. The molecule has 0 aliphatic carbocycles. The zero-order valence-electron chi connectivity index (χ0n) is 15.3. The molecule has 8 heteroatoms. The van der Waals surface area contributed by atoms with Gasteiger partial charge >= 0.3 is 0 Å². The summed E-state index contributed by atoms with van der Waals surface area (Å²) in [6, 6.07) is 6.69. The summed E-state index contributed by atoms with van der Waals surface area (Å²) in [4.78, 5) is 18.8. The molecule has 3 rings (SSSR count). The first-order chi connectivity index (χ1) is 12.3. The number of rotatable bonds is 4. The van der Waals surface area contributed by atoms with Gasteiger partial charge in [0.05, 0.1) is 17.5 Å². The largest absolute Gasteiger partial charge is 0.508 e. The van der Waals surface area contributed by atoms with Gasteiger partial charge in [-0.2, -0.15) is 0 Å². The number of sulfone groups is 1. The van der Waals surface area contributed by atoms with Gasteiger partial charge in [-0.15, -0.1) is 0 Å². The minimum absolute atomic E-state index is 0.00909. The highest BCUT2D eigenvalue weighted by Crippen LogP contribution is 2.22. The Kier molecular flexibility index (Phi) is 5.43. The molecule has 144 valence electrons. The van der Waals surface area contributed by atoms with E-state index in [0.29, 0.717) is 6.42 Å². The summed E-state index contributed by atoms with van der Waals surface area (Å²) in [5.74, 6) is 0.500. The highest BCUT2D eigenvalue weighted by Gasteiger charge is 2.35. The monoisotopic (exact) mass is 381 g/mol. The van der Waals surface area contributed by atoms with E-state index in [-0.39, 0.29) is 35.2 Å². The molecule has 0 aromatic heterocycles. The van der Waals surface area contributed by atoms with E-state index in [9.17, 15) is 18.3 Å². The quantitative estimate of drug-likeness (QED) is 0.820. The van der Waals surface area contributed by atoms with E-state index >= 15 is 0 Å². The van der Waals surface area contributed by atoms with Crippen molar-refractivity contribution in [2.24, 2.45) is 0 Å². The van der Waals surface area contributed by atoms with Crippen molar-refractivity contribution in [2.75, 3.05) is 49.6 Å². The lowest BCUT2D eigenvalue weighted by molar-refractivity contribution is -0.136. The van der Waals surface area contributed by atoms with Gasteiger partial charge in [0.15, 0.2) is 9.84 Å². The Hall–Kier alpha value is -1.80. The number of nitrogens with zero attached hydrogens (tertiary/aromatic N) is 3. The smallest absolute Gasteiger partial charge is 0.239 e. The van der Waals surface area contributed by atoms with Crippen molar-refractivity contribution in [1.82, 2.24) is 9.80 Å². The summed E-state index contributed by atoms with van der Waals surface area (Å²) in [6.07, 6.45) is 0.534. The van der Waals surface area contributed by atoms with Gasteiger partial charge in [-0.3, -0.25) is 9.69 Å². The zero-order valence-corrected chi connectivity index (χ0v) is 16.2. The maximum Gasteiger partial charge on any atom is 0.239 e. The van der Waals surface area contributed by atoms with Crippen molar-refractivity contribution in [3.63, 3.8) is 0 Å². The second kappa shape index (κ2) is 7.44. The molecule has 2 heterocycles. The molecule has 0 unspecified atom stereocenters. The summed E-state index contributed by atoms with van der Waals surface area (Å²) in [6.45, 7) is 5.06. The van der Waals surface area contributed by atoms with Crippen molar-refractivity contribution in [1.29, 1.82) is 0 Å². The molecule has 1 aromatic rings. The van der Waals surface area contributed by atoms with Crippen LogP contribution in [0, 0.1) is 0 Å². The molecule has 2 saturated heterocycles. The van der Waals surface area contributed by atoms with Crippen molar-refractivity contribution in [3.05, 3.63) is 24.3 Å². The van der Waals surface area contributed by atoms with Gasteiger partial charge in [-0.1, -0.05) is 0 Å². The number of benzene rings is 1. The number of hydrogen-bond acceptors (Lipinski definition) is 6. The summed E-state index contributed by atoms with van der Waals surface area (Å²) >= 11 is 0. The molecule has 0 saturated carbocycles. The molecule has 2 aliphatic rings. The van der Waals surface area contributed by atoms with Crippen LogP contribution in [0.1, 0.15) is 13.3 Å². The summed E-state index contributed by atoms with van der Waals surface area (Å²) < 4.78 is 23.3. The van der Waals surface area contributed by atoms with Gasteiger partial charge in [-0.25, -0.2) is 8.42 Å². The molecule has 2 atom stereocenters. The number of hydrogen-bond donors (Lipinski definition) is 1. The molecule has 0 radical (unpaired) electrons. The molecule has 7 nitrogen and oxygen atoms in total. The maximum absolute atomic E-state index is 12.8. The van der Waals surface area contributed by atoms with Gasteiger partial charge in [0.2, 0.25) is 5.91 Å². The van der Waals surface area contributed by atoms with Crippen LogP contribution in [0.2, 0.25) is 0 Å². The minimum Gasteiger partial charge on any atom is -0.508 e. The van der Waals surface area contributed by atoms with Crippen molar-refractivity contribution in [3.8, 4) is 5.75 Å². The van der Waals surface area contributed by atoms with Crippen LogP contribution >= 0.6 is 0 Å². The van der Waals surface area contributed by atoms with E-state index < -0.39 is 9.84 Å². The molecule has 0 bridgehead atoms. The van der Waals surface area contributed by atoms with E-state index in [2.05, 4.69) is 9.80 Å². The molecule has 1 amide bonds. The number of carbonyl (C=O) groups excluding carboxylic acids is 1. The predicted molar refractivity (Wildman–Crippen MR) is 101 cm³/mol. The molecular weight excluding hydrogens is 354 g/mol. The van der Waals surface area contributed by atoms with Crippen LogP contribution in [-0.4, -0.2) is 86.0 Å². The number of carbonyl (C=O) groups is 1. The predicted octanol–water partition coefficient (Wildman–Crippen LogP) is 0.548. The fraction of sp³-hybridized carbons (Fsp3) is 0.611. The molecule has 0 spiro atoms. The lowest BCUT2D eigenvalue weighted by Gasteiger charge is -2.40. The highest BCUT2D eigenvalue weighted by atomic mass is 32.2. The topological polar surface area (TPSA) is 81.2 Å². The average molecular weight is 381 g/mol. The number of phenolic OH excluding ortho intramolecular Hbond substituents is 1. The second-order valence-corrected chi connectivity index (χ2v) is 9.45. The van der Waals surface area contributed by atoms with E-state index in [1.54, 1.807) is 24.1 Å². The fourth-order valence-corrected chi connectivity index (χ4v) is 5.52. The second-order valence-electron chi connectivity index (χ2n) is 7.22. The maximum atomic E-state index is 12.8. The Morgan fingerprint density at radius 1 is 1.19 bits per heavy atom. The summed E-state index contributed by atoms with van der Waals surface area (Å²) in [5, 5.41) is 9.40. The first-order valence-corrected chi connectivity index (χ1v) is 10.8. The Bertz CT molecular complexity index is 742. The minimum atomic E-state index is -3.00. The Labute approximate surface area is 155 Å². The van der Waals surface area contributed by atoms with Gasteiger partial charge in [-0.05, 0) is 37.6 Å². The number of phenols is 1. The first kappa shape index (κ1) is 19.0. The van der Waals surface area contributed by atoms with Gasteiger partial charge in [0, 0.05) is 45.0 Å². The molecule has 26 heavy (non-hydrogen) atoms. The van der Waals surface area contributed by atoms with Crippen molar-refractivity contribution < 1.29 is 18.3 Å². The third-order valence-corrected chi connectivity index (χ3v) is 7.29. The van der Waals surface area contributed by atoms with Crippen LogP contribution in [0.3, 0.4) is 0 Å². The molecule has 2 aliphatic heterocycles. The Morgan fingerprint density at radius 2 is 1.81 bits per heavy atom. The Balaban J connectivity index is 1.55. The van der Waals surface area contributed by atoms with Crippen LogP contribution < -0.4 is 4.90 Å². The van der Waals surface area contributed by atoms with Crippen LogP contribution in [0.25, 0.3) is 0 Å². The number of aromatic hydroxyl groups is 1. The standard InChI is InChI=1S/C18H27N3O4S/c1-14(18(23)19(2)16-7-12-26(24,25)13-16)20-8-10-21(11-9-20)15-3-5-17(22)6-4-15/h3-6,14,16,22H,7-13H2,1-2H3/t14-,16+/m0/s1. The SMILES string of the molecule is C[C@@H](C(=O)N(C)[C@@H]1CCS(=O)(=O)C1)N1CCN(c2ccc(O)cc2)CC1. The van der Waals surface area contributed by atoms with Gasteiger partial charge < -0.3 is 14.9 Å². The third-order valence-electron chi connectivity index (χ3n) is 5.54. The number of piperazine rings is 1. The normalized spacial score (nSPS) is 24.4. The number of likely N-dealkylation sites (N-methyl/N-ethyl adjacent to an activating group) is 1. The van der Waals surface area contributed by atoms with Crippen LogP contribution in [0.4, 0.5) is 5.69 Å². The molecule has 1 N–H and O–H groups in total. The van der Waals surface area contributed by atoms with Gasteiger partial charge in [0.1, 0.15) is 5.75 Å². The fourth-order valence-electron chi connectivity index (χ4n) is 3.74. The van der Waals surface area contributed by atoms with Crippen LogP contribution in [-0.2, 0) is 14.6 Å². The summed E-state index contributed by atoms with van der Waals surface area (Å²) in [7, 11) is -1.28. The Morgan fingerprint density at radius 3 is 2.35 bits per heavy atom. The van der Waals surface area contributed by atoms with Crippen molar-refractivity contribution >= 4 is 21.4 Å². The lowest BCUT2D eigenvalue weighted by atomic mass is 10.1. The molecule has 1 aromatic carbocycles. The summed E-state index contributed by atoms with van der Waals surface area (Å²) in [5.41, 5.74) is 1.06. The molecule has 2 fully saturated rings. The third kappa shape index (κ3) is 4.12. The number of amides is 1. The van der Waals surface area contributed by atoms with E-state index in [1.807, 2.05) is 19.1 Å². The zero-order chi connectivity index (χ0) is 18.9. The van der Waals surface area contributed by atoms with Crippen LogP contribution in [0.5, 0.6) is 5.75 Å². The number of anilines is 1. The van der Waals surface area contributed by atoms with Crippen molar-refractivity contribution in [2.45, 2.75) is 25.4 Å². The van der Waals surface area contributed by atoms with Crippen LogP contribution in [0.15, 0.2) is 24.3 Å². The van der Waals surface area contributed by atoms with E-state index in [0.717, 1.165) is 31.9 Å². The average Bonchev–Trinajstić information content (AvgIpc) is 3.00.